The molecule has 0 aliphatic carbocycles. The molecule has 0 spiro atoms. The molecule has 3 nitrogen and oxygen atoms in total. The third-order valence-electron chi connectivity index (χ3n) is 3.07. The number of anilines is 1. The van der Waals surface area contributed by atoms with Crippen LogP contribution < -0.4 is 5.32 Å². The highest BCUT2D eigenvalue weighted by atomic mass is 32.2. The number of aromatic nitrogens is 2. The lowest BCUT2D eigenvalue weighted by Crippen LogP contribution is -2.16. The van der Waals surface area contributed by atoms with Crippen molar-refractivity contribution in [3.8, 4) is 0 Å². The van der Waals surface area contributed by atoms with Gasteiger partial charge in [-0.15, -0.1) is 11.8 Å². The van der Waals surface area contributed by atoms with Gasteiger partial charge in [-0.1, -0.05) is 12.1 Å². The second-order valence-corrected chi connectivity index (χ2v) is 5.50. The fourth-order valence-electron chi connectivity index (χ4n) is 2.23. The minimum atomic E-state index is -0.116. The molecule has 94 valence electrons. The maximum Gasteiger partial charge on any atom is 0.137 e. The number of halogens is 1. The molecule has 1 atom stereocenters. The summed E-state index contributed by atoms with van der Waals surface area (Å²) in [5.41, 5.74) is 2.03. The van der Waals surface area contributed by atoms with Crippen LogP contribution in [0.2, 0.25) is 0 Å². The monoisotopic (exact) mass is 263 g/mol. The van der Waals surface area contributed by atoms with Crippen molar-refractivity contribution in [1.82, 2.24) is 9.78 Å². The number of benzene rings is 1. The normalized spacial score (nSPS) is 18.4. The van der Waals surface area contributed by atoms with Gasteiger partial charge in [0.1, 0.15) is 5.82 Å². The van der Waals surface area contributed by atoms with Crippen LogP contribution in [0.5, 0.6) is 0 Å². The van der Waals surface area contributed by atoms with Gasteiger partial charge in [0, 0.05) is 23.9 Å². The Balaban J connectivity index is 1.89. The largest absolute Gasteiger partial charge is 0.376 e. The Hall–Kier alpha value is -1.49. The number of fused-ring (bicyclic) bond motifs is 1. The summed E-state index contributed by atoms with van der Waals surface area (Å²) in [5, 5.41) is 7.55. The molecule has 1 aromatic carbocycles. The number of nitrogens with one attached hydrogen (secondary N) is 1. The molecule has 5 heteroatoms. The standard InChI is InChI=1S/C13H14FN3S/c1-17-8-9(7-15-17)16-12-5-6-18-13-10(12)3-2-4-11(13)14/h2-4,7-8,12,16H,5-6H2,1H3. The summed E-state index contributed by atoms with van der Waals surface area (Å²) in [5.74, 6) is 0.821. The molecule has 0 bridgehead atoms. The molecule has 2 heterocycles. The van der Waals surface area contributed by atoms with Crippen molar-refractivity contribution in [1.29, 1.82) is 0 Å². The van der Waals surface area contributed by atoms with Crippen molar-refractivity contribution in [2.45, 2.75) is 17.4 Å². The summed E-state index contributed by atoms with van der Waals surface area (Å²) in [4.78, 5) is 0.783. The van der Waals surface area contributed by atoms with Crippen LogP contribution in [-0.2, 0) is 7.05 Å². The Morgan fingerprint density at radius 2 is 2.39 bits per heavy atom. The average molecular weight is 263 g/mol. The number of rotatable bonds is 2. The van der Waals surface area contributed by atoms with E-state index in [9.17, 15) is 4.39 Å². The zero-order valence-electron chi connectivity index (χ0n) is 10.1. The van der Waals surface area contributed by atoms with Gasteiger partial charge in [0.2, 0.25) is 0 Å². The van der Waals surface area contributed by atoms with Gasteiger partial charge in [-0.3, -0.25) is 4.68 Å². The molecule has 1 aliphatic heterocycles. The predicted octanol–water partition coefficient (Wildman–Crippen LogP) is 3.21. The lowest BCUT2D eigenvalue weighted by atomic mass is 10.0. The SMILES string of the molecule is Cn1cc(NC2CCSc3c(F)cccc32)cn1. The molecular formula is C13H14FN3S. The fraction of sp³-hybridized carbons (Fsp3) is 0.308. The van der Waals surface area contributed by atoms with Crippen LogP contribution in [0.15, 0.2) is 35.5 Å². The van der Waals surface area contributed by atoms with E-state index in [0.717, 1.165) is 28.3 Å². The Kier molecular flexibility index (Phi) is 2.99. The van der Waals surface area contributed by atoms with Gasteiger partial charge in [0.15, 0.2) is 0 Å². The molecule has 1 aromatic heterocycles. The number of hydrogen-bond donors (Lipinski definition) is 1. The topological polar surface area (TPSA) is 29.9 Å². The molecule has 3 rings (SSSR count). The number of aryl methyl sites for hydroxylation is 1. The third-order valence-corrected chi connectivity index (χ3v) is 4.23. The van der Waals surface area contributed by atoms with Crippen molar-refractivity contribution in [2.24, 2.45) is 7.05 Å². The third kappa shape index (κ3) is 2.10. The number of hydrogen-bond acceptors (Lipinski definition) is 3. The van der Waals surface area contributed by atoms with E-state index in [0.29, 0.717) is 0 Å². The van der Waals surface area contributed by atoms with Gasteiger partial charge in [-0.25, -0.2) is 4.39 Å². The maximum atomic E-state index is 13.7. The first-order chi connectivity index (χ1) is 8.74. The lowest BCUT2D eigenvalue weighted by molar-refractivity contribution is 0.585. The van der Waals surface area contributed by atoms with Crippen LogP contribution >= 0.6 is 11.8 Å². The summed E-state index contributed by atoms with van der Waals surface area (Å²) in [6.07, 6.45) is 4.72. The van der Waals surface area contributed by atoms with E-state index in [2.05, 4.69) is 10.4 Å². The molecule has 0 saturated carbocycles. The van der Waals surface area contributed by atoms with Crippen LogP contribution in [0.4, 0.5) is 10.1 Å². The summed E-state index contributed by atoms with van der Waals surface area (Å²) in [6.45, 7) is 0. The van der Waals surface area contributed by atoms with Gasteiger partial charge < -0.3 is 5.32 Å². The summed E-state index contributed by atoms with van der Waals surface area (Å²) in [6, 6.07) is 5.47. The first-order valence-electron chi connectivity index (χ1n) is 5.90. The molecule has 2 aromatic rings. The molecular weight excluding hydrogens is 249 g/mol. The van der Waals surface area contributed by atoms with E-state index in [-0.39, 0.29) is 11.9 Å². The van der Waals surface area contributed by atoms with E-state index >= 15 is 0 Å². The zero-order chi connectivity index (χ0) is 12.5. The maximum absolute atomic E-state index is 13.7. The molecule has 0 fully saturated rings. The Labute approximate surface area is 109 Å². The first kappa shape index (κ1) is 11.6. The van der Waals surface area contributed by atoms with Crippen molar-refractivity contribution in [2.75, 3.05) is 11.1 Å². The van der Waals surface area contributed by atoms with Crippen LogP contribution in [0, 0.1) is 5.82 Å². The van der Waals surface area contributed by atoms with Gasteiger partial charge in [-0.05, 0) is 18.1 Å². The highest BCUT2D eigenvalue weighted by Gasteiger charge is 2.23. The van der Waals surface area contributed by atoms with Crippen molar-refractivity contribution in [3.05, 3.63) is 42.0 Å². The fourth-order valence-corrected chi connectivity index (χ4v) is 3.37. The van der Waals surface area contributed by atoms with Crippen LogP contribution in [-0.4, -0.2) is 15.5 Å². The van der Waals surface area contributed by atoms with Crippen LogP contribution in [0.25, 0.3) is 0 Å². The molecule has 1 unspecified atom stereocenters. The second kappa shape index (κ2) is 4.65. The summed E-state index contributed by atoms with van der Waals surface area (Å²) < 4.78 is 15.5. The van der Waals surface area contributed by atoms with Gasteiger partial charge >= 0.3 is 0 Å². The molecule has 1 aliphatic rings. The van der Waals surface area contributed by atoms with E-state index in [1.807, 2.05) is 19.3 Å². The molecule has 1 N–H and O–H groups in total. The van der Waals surface area contributed by atoms with Crippen molar-refractivity contribution >= 4 is 17.4 Å². The molecule has 18 heavy (non-hydrogen) atoms. The Morgan fingerprint density at radius 3 is 3.17 bits per heavy atom. The van der Waals surface area contributed by atoms with Crippen molar-refractivity contribution in [3.63, 3.8) is 0 Å². The summed E-state index contributed by atoms with van der Waals surface area (Å²) >= 11 is 1.60. The zero-order valence-corrected chi connectivity index (χ0v) is 10.9. The molecule has 0 radical (unpaired) electrons. The lowest BCUT2D eigenvalue weighted by Gasteiger charge is -2.26. The quantitative estimate of drug-likeness (QED) is 0.902. The highest BCUT2D eigenvalue weighted by Crippen LogP contribution is 2.39. The molecule has 0 saturated heterocycles. The van der Waals surface area contributed by atoms with Crippen LogP contribution in [0.1, 0.15) is 18.0 Å². The van der Waals surface area contributed by atoms with E-state index in [1.54, 1.807) is 28.7 Å². The van der Waals surface area contributed by atoms with Crippen LogP contribution in [0.3, 0.4) is 0 Å². The van der Waals surface area contributed by atoms with E-state index in [4.69, 9.17) is 0 Å². The first-order valence-corrected chi connectivity index (χ1v) is 6.89. The number of thioether (sulfide) groups is 1. The minimum Gasteiger partial charge on any atom is -0.376 e. The second-order valence-electron chi connectivity index (χ2n) is 4.39. The highest BCUT2D eigenvalue weighted by molar-refractivity contribution is 7.99. The predicted molar refractivity (Wildman–Crippen MR) is 71.3 cm³/mol. The Bertz CT molecular complexity index is 567. The van der Waals surface area contributed by atoms with Gasteiger partial charge in [0.05, 0.1) is 17.9 Å². The van der Waals surface area contributed by atoms with Gasteiger partial charge in [-0.2, -0.15) is 5.10 Å². The average Bonchev–Trinajstić information content (AvgIpc) is 2.76. The van der Waals surface area contributed by atoms with E-state index in [1.165, 1.54) is 6.07 Å². The van der Waals surface area contributed by atoms with Crippen molar-refractivity contribution < 1.29 is 4.39 Å². The van der Waals surface area contributed by atoms with Gasteiger partial charge in [0.25, 0.3) is 0 Å². The Morgan fingerprint density at radius 1 is 1.50 bits per heavy atom. The van der Waals surface area contributed by atoms with E-state index < -0.39 is 0 Å². The minimum absolute atomic E-state index is 0.116. The smallest absolute Gasteiger partial charge is 0.137 e. The number of nitrogens with zero attached hydrogens (tertiary/aromatic N) is 2. The summed E-state index contributed by atoms with van der Waals surface area (Å²) in [7, 11) is 1.88. The molecule has 0 amide bonds.